The van der Waals surface area contributed by atoms with E-state index < -0.39 is 0 Å². The summed E-state index contributed by atoms with van der Waals surface area (Å²) < 4.78 is 17.6. The maximum atomic E-state index is 6.19. The lowest BCUT2D eigenvalue weighted by Crippen LogP contribution is -2.54. The van der Waals surface area contributed by atoms with Crippen molar-refractivity contribution in [2.24, 2.45) is 10.9 Å². The molecule has 0 amide bonds. The molecule has 0 spiro atoms. The highest BCUT2D eigenvalue weighted by atomic mass is 16.5. The Morgan fingerprint density at radius 2 is 1.77 bits per heavy atom. The first-order valence-corrected chi connectivity index (χ1v) is 12.8. The second-order valence-corrected chi connectivity index (χ2v) is 9.23. The van der Waals surface area contributed by atoms with Crippen molar-refractivity contribution >= 4 is 5.96 Å². The quantitative estimate of drug-likeness (QED) is 0.441. The van der Waals surface area contributed by atoms with Crippen LogP contribution in [0.2, 0.25) is 0 Å². The van der Waals surface area contributed by atoms with Gasteiger partial charge in [0, 0.05) is 52.4 Å². The summed E-state index contributed by atoms with van der Waals surface area (Å²) in [4.78, 5) is 9.63. The second-order valence-electron chi connectivity index (χ2n) is 9.23. The predicted octanol–water partition coefficient (Wildman–Crippen LogP) is 2.75. The van der Waals surface area contributed by atoms with Crippen molar-refractivity contribution in [2.45, 2.75) is 77.0 Å². The number of piperidine rings is 1. The van der Waals surface area contributed by atoms with E-state index in [1.54, 1.807) is 0 Å². The normalized spacial score (nSPS) is 25.7. The smallest absolute Gasteiger partial charge is 0.193 e. The molecule has 2 unspecified atom stereocenters. The maximum absolute atomic E-state index is 6.19. The molecule has 31 heavy (non-hydrogen) atoms. The Labute approximate surface area is 189 Å². The van der Waals surface area contributed by atoms with Gasteiger partial charge in [-0.3, -0.25) is 9.89 Å². The molecular formula is C24H46N4O3. The number of morpholine rings is 1. The van der Waals surface area contributed by atoms with Gasteiger partial charge in [-0.1, -0.05) is 26.7 Å². The van der Waals surface area contributed by atoms with Gasteiger partial charge in [-0.05, 0) is 38.0 Å². The Bertz CT molecular complexity index is 509. The minimum absolute atomic E-state index is 0.309. The SMILES string of the molecule is CCC(CC)C(CNC(=NC)N1CCC(OCC2CCCCO2)CC1)N1CCOCC1. The molecule has 0 aromatic heterocycles. The third-order valence-electron chi connectivity index (χ3n) is 7.32. The van der Waals surface area contributed by atoms with Crippen molar-refractivity contribution in [2.75, 3.05) is 66.2 Å². The van der Waals surface area contributed by atoms with Crippen molar-refractivity contribution in [3.8, 4) is 0 Å². The summed E-state index contributed by atoms with van der Waals surface area (Å²) in [6.45, 7) is 13.0. The average molecular weight is 439 g/mol. The average Bonchev–Trinajstić information content (AvgIpc) is 2.84. The molecule has 0 aromatic carbocycles. The summed E-state index contributed by atoms with van der Waals surface area (Å²) in [7, 11) is 1.91. The zero-order valence-corrected chi connectivity index (χ0v) is 20.2. The van der Waals surface area contributed by atoms with E-state index in [0.717, 1.165) is 84.4 Å². The first-order valence-electron chi connectivity index (χ1n) is 12.8. The minimum Gasteiger partial charge on any atom is -0.379 e. The van der Waals surface area contributed by atoms with Crippen molar-refractivity contribution in [1.29, 1.82) is 0 Å². The molecule has 0 bridgehead atoms. The highest BCUT2D eigenvalue weighted by Gasteiger charge is 2.28. The van der Waals surface area contributed by atoms with Crippen LogP contribution in [0.15, 0.2) is 4.99 Å². The molecule has 3 saturated heterocycles. The molecule has 1 N–H and O–H groups in total. The fourth-order valence-electron chi connectivity index (χ4n) is 5.28. The number of likely N-dealkylation sites (tertiary alicyclic amines) is 1. The van der Waals surface area contributed by atoms with E-state index >= 15 is 0 Å². The van der Waals surface area contributed by atoms with Gasteiger partial charge in [0.05, 0.1) is 32.0 Å². The fraction of sp³-hybridized carbons (Fsp3) is 0.958. The summed E-state index contributed by atoms with van der Waals surface area (Å²) >= 11 is 0. The Hall–Kier alpha value is -0.890. The van der Waals surface area contributed by atoms with Gasteiger partial charge in [0.15, 0.2) is 5.96 Å². The Morgan fingerprint density at radius 3 is 2.39 bits per heavy atom. The van der Waals surface area contributed by atoms with Gasteiger partial charge < -0.3 is 24.4 Å². The lowest BCUT2D eigenvalue weighted by Gasteiger charge is -2.40. The van der Waals surface area contributed by atoms with Gasteiger partial charge >= 0.3 is 0 Å². The first kappa shape index (κ1) is 24.7. The Kier molecular flexibility index (Phi) is 10.9. The van der Waals surface area contributed by atoms with Crippen molar-refractivity contribution in [3.05, 3.63) is 0 Å². The molecule has 3 rings (SSSR count). The number of guanidine groups is 1. The molecule has 7 heteroatoms. The topological polar surface area (TPSA) is 58.6 Å². The highest BCUT2D eigenvalue weighted by Crippen LogP contribution is 2.21. The fourth-order valence-corrected chi connectivity index (χ4v) is 5.28. The van der Waals surface area contributed by atoms with Gasteiger partial charge in [0.25, 0.3) is 0 Å². The van der Waals surface area contributed by atoms with Crippen LogP contribution in [-0.4, -0.2) is 100 Å². The molecule has 3 fully saturated rings. The van der Waals surface area contributed by atoms with Gasteiger partial charge in [-0.15, -0.1) is 0 Å². The molecule has 3 aliphatic rings. The molecule has 7 nitrogen and oxygen atoms in total. The van der Waals surface area contributed by atoms with E-state index in [1.807, 2.05) is 7.05 Å². The van der Waals surface area contributed by atoms with Gasteiger partial charge in [0.1, 0.15) is 0 Å². The first-order chi connectivity index (χ1) is 15.2. The van der Waals surface area contributed by atoms with Gasteiger partial charge in [0.2, 0.25) is 0 Å². The third-order valence-corrected chi connectivity index (χ3v) is 7.32. The summed E-state index contributed by atoms with van der Waals surface area (Å²) in [6.07, 6.45) is 8.84. The molecule has 0 saturated carbocycles. The lowest BCUT2D eigenvalue weighted by molar-refractivity contribution is -0.0721. The lowest BCUT2D eigenvalue weighted by atomic mass is 9.92. The standard InChI is InChI=1S/C24H46N4O3/c1-4-20(5-2)23(27-13-16-29-17-14-27)18-26-24(25-3)28-11-9-21(10-12-28)31-19-22-8-6-7-15-30-22/h20-23H,4-19H2,1-3H3,(H,25,26). The highest BCUT2D eigenvalue weighted by molar-refractivity contribution is 5.80. The van der Waals surface area contributed by atoms with Crippen LogP contribution in [0.4, 0.5) is 0 Å². The maximum Gasteiger partial charge on any atom is 0.193 e. The summed E-state index contributed by atoms with van der Waals surface area (Å²) in [5, 5.41) is 3.72. The third kappa shape index (κ3) is 7.58. The molecule has 0 radical (unpaired) electrons. The van der Waals surface area contributed by atoms with Crippen LogP contribution in [0.5, 0.6) is 0 Å². The van der Waals surface area contributed by atoms with Crippen molar-refractivity contribution in [3.63, 3.8) is 0 Å². The number of nitrogens with one attached hydrogen (secondary N) is 1. The molecule has 180 valence electrons. The number of nitrogens with zero attached hydrogens (tertiary/aromatic N) is 3. The summed E-state index contributed by atoms with van der Waals surface area (Å²) in [6, 6.07) is 0.534. The van der Waals surface area contributed by atoms with Crippen LogP contribution in [0, 0.1) is 5.92 Å². The van der Waals surface area contributed by atoms with E-state index in [2.05, 4.69) is 34.0 Å². The van der Waals surface area contributed by atoms with Crippen molar-refractivity contribution < 1.29 is 14.2 Å². The number of rotatable bonds is 9. The van der Waals surface area contributed by atoms with Crippen LogP contribution in [0.25, 0.3) is 0 Å². The summed E-state index contributed by atoms with van der Waals surface area (Å²) in [5.41, 5.74) is 0. The Morgan fingerprint density at radius 1 is 1.03 bits per heavy atom. The number of ether oxygens (including phenoxy) is 3. The van der Waals surface area contributed by atoms with Crippen LogP contribution in [0.1, 0.15) is 58.8 Å². The number of aliphatic imine (C=N–C) groups is 1. The molecular weight excluding hydrogens is 392 g/mol. The predicted molar refractivity (Wildman–Crippen MR) is 126 cm³/mol. The molecule has 2 atom stereocenters. The Balaban J connectivity index is 1.44. The van der Waals surface area contributed by atoms with E-state index in [0.29, 0.717) is 24.2 Å². The van der Waals surface area contributed by atoms with Gasteiger partial charge in [-0.2, -0.15) is 0 Å². The molecule has 3 aliphatic heterocycles. The monoisotopic (exact) mass is 438 g/mol. The van der Waals surface area contributed by atoms with Crippen molar-refractivity contribution in [1.82, 2.24) is 15.1 Å². The molecule has 3 heterocycles. The van der Waals surface area contributed by atoms with E-state index in [9.17, 15) is 0 Å². The summed E-state index contributed by atoms with van der Waals surface area (Å²) in [5.74, 6) is 1.74. The van der Waals surface area contributed by atoms with E-state index in [-0.39, 0.29) is 0 Å². The van der Waals surface area contributed by atoms with Gasteiger partial charge in [-0.25, -0.2) is 0 Å². The van der Waals surface area contributed by atoms with Crippen LogP contribution in [-0.2, 0) is 14.2 Å². The zero-order valence-electron chi connectivity index (χ0n) is 20.2. The molecule has 0 aromatic rings. The van der Waals surface area contributed by atoms with Crippen LogP contribution < -0.4 is 5.32 Å². The van der Waals surface area contributed by atoms with E-state index in [4.69, 9.17) is 14.2 Å². The number of hydrogen-bond donors (Lipinski definition) is 1. The van der Waals surface area contributed by atoms with E-state index in [1.165, 1.54) is 25.7 Å². The van der Waals surface area contributed by atoms with Crippen LogP contribution in [0.3, 0.4) is 0 Å². The minimum atomic E-state index is 0.309. The number of hydrogen-bond acceptors (Lipinski definition) is 5. The zero-order chi connectivity index (χ0) is 21.9. The second kappa shape index (κ2) is 13.6. The molecule has 0 aliphatic carbocycles. The van der Waals surface area contributed by atoms with Crippen LogP contribution >= 0.6 is 0 Å². The largest absolute Gasteiger partial charge is 0.379 e.